The lowest BCUT2D eigenvalue weighted by molar-refractivity contribution is 0.0900. The van der Waals surface area contributed by atoms with Crippen molar-refractivity contribution in [3.63, 3.8) is 0 Å². The number of aliphatic hydroxyl groups excluding tert-OH is 1. The van der Waals surface area contributed by atoms with E-state index in [1.165, 1.54) is 0 Å². The SMILES string of the molecule is [N-]=[N+]=N[C@@H](CO)COCc1ccccc1. The Balaban J connectivity index is 2.29. The van der Waals surface area contributed by atoms with Gasteiger partial charge in [0.05, 0.1) is 25.9 Å². The van der Waals surface area contributed by atoms with Gasteiger partial charge in [-0.15, -0.1) is 0 Å². The molecule has 0 aromatic heterocycles. The highest BCUT2D eigenvalue weighted by Gasteiger charge is 2.04. The zero-order chi connectivity index (χ0) is 10.9. The zero-order valence-electron chi connectivity index (χ0n) is 8.28. The molecule has 0 fully saturated rings. The first kappa shape index (κ1) is 11.5. The molecule has 15 heavy (non-hydrogen) atoms. The minimum absolute atomic E-state index is 0.196. The third-order valence-corrected chi connectivity index (χ3v) is 1.85. The van der Waals surface area contributed by atoms with E-state index in [2.05, 4.69) is 10.0 Å². The van der Waals surface area contributed by atoms with E-state index in [-0.39, 0.29) is 13.2 Å². The Hall–Kier alpha value is -1.55. The smallest absolute Gasteiger partial charge is 0.0838 e. The number of nitrogens with zero attached hydrogens (tertiary/aromatic N) is 3. The number of rotatable bonds is 6. The van der Waals surface area contributed by atoms with Gasteiger partial charge in [0, 0.05) is 4.91 Å². The normalized spacial score (nSPS) is 11.8. The molecule has 1 N–H and O–H groups in total. The predicted octanol–water partition coefficient (Wildman–Crippen LogP) is 1.87. The molecule has 0 saturated heterocycles. The Labute approximate surface area is 87.9 Å². The molecule has 0 aliphatic heterocycles. The molecule has 0 radical (unpaired) electrons. The van der Waals surface area contributed by atoms with Crippen LogP contribution in [0.25, 0.3) is 10.4 Å². The topological polar surface area (TPSA) is 78.2 Å². The van der Waals surface area contributed by atoms with Crippen LogP contribution < -0.4 is 0 Å². The van der Waals surface area contributed by atoms with Crippen molar-refractivity contribution >= 4 is 0 Å². The third kappa shape index (κ3) is 4.46. The maximum absolute atomic E-state index is 8.81. The van der Waals surface area contributed by atoms with Crippen LogP contribution >= 0.6 is 0 Å². The Morgan fingerprint density at radius 2 is 2.13 bits per heavy atom. The van der Waals surface area contributed by atoms with Crippen molar-refractivity contribution in [1.82, 2.24) is 0 Å². The molecule has 1 rings (SSSR count). The van der Waals surface area contributed by atoms with Crippen LogP contribution in [0.15, 0.2) is 35.4 Å². The largest absolute Gasteiger partial charge is 0.396 e. The van der Waals surface area contributed by atoms with Crippen molar-refractivity contribution in [2.24, 2.45) is 5.11 Å². The first-order valence-electron chi connectivity index (χ1n) is 4.63. The lowest BCUT2D eigenvalue weighted by Crippen LogP contribution is -2.17. The van der Waals surface area contributed by atoms with Crippen LogP contribution in [-0.4, -0.2) is 24.4 Å². The number of benzene rings is 1. The van der Waals surface area contributed by atoms with E-state index in [4.69, 9.17) is 15.4 Å². The van der Waals surface area contributed by atoms with Crippen LogP contribution in [-0.2, 0) is 11.3 Å². The molecule has 1 atom stereocenters. The van der Waals surface area contributed by atoms with E-state index in [0.717, 1.165) is 5.56 Å². The molecule has 0 unspecified atom stereocenters. The van der Waals surface area contributed by atoms with Gasteiger partial charge in [0.25, 0.3) is 0 Å². The lowest BCUT2D eigenvalue weighted by atomic mass is 10.2. The summed E-state index contributed by atoms with van der Waals surface area (Å²) in [4.78, 5) is 2.62. The molecule has 0 spiro atoms. The minimum Gasteiger partial charge on any atom is -0.396 e. The molecule has 0 bridgehead atoms. The molecular weight excluding hydrogens is 194 g/mol. The predicted molar refractivity (Wildman–Crippen MR) is 56.1 cm³/mol. The van der Waals surface area contributed by atoms with Crippen molar-refractivity contribution in [3.05, 3.63) is 46.3 Å². The van der Waals surface area contributed by atoms with Gasteiger partial charge in [-0.2, -0.15) is 0 Å². The van der Waals surface area contributed by atoms with Crippen molar-refractivity contribution < 1.29 is 9.84 Å². The molecule has 5 heteroatoms. The van der Waals surface area contributed by atoms with Crippen LogP contribution in [0.3, 0.4) is 0 Å². The number of hydrogen-bond acceptors (Lipinski definition) is 3. The van der Waals surface area contributed by atoms with E-state index < -0.39 is 6.04 Å². The van der Waals surface area contributed by atoms with Gasteiger partial charge in [-0.3, -0.25) is 0 Å². The maximum atomic E-state index is 8.81. The maximum Gasteiger partial charge on any atom is 0.0838 e. The van der Waals surface area contributed by atoms with Crippen LogP contribution in [0.2, 0.25) is 0 Å². The van der Waals surface area contributed by atoms with Crippen molar-refractivity contribution in [1.29, 1.82) is 0 Å². The summed E-state index contributed by atoms with van der Waals surface area (Å²) in [6.07, 6.45) is 0. The van der Waals surface area contributed by atoms with Crippen LogP contribution in [0.5, 0.6) is 0 Å². The molecule has 0 heterocycles. The molecule has 5 nitrogen and oxygen atoms in total. The van der Waals surface area contributed by atoms with Crippen LogP contribution in [0, 0.1) is 0 Å². The second-order valence-electron chi connectivity index (χ2n) is 3.04. The Morgan fingerprint density at radius 3 is 2.73 bits per heavy atom. The van der Waals surface area contributed by atoms with Gasteiger partial charge in [0.15, 0.2) is 0 Å². The summed E-state index contributed by atoms with van der Waals surface area (Å²) in [6.45, 7) is 0.493. The molecule has 80 valence electrons. The number of aliphatic hydroxyl groups is 1. The molecule has 0 aliphatic rings. The summed E-state index contributed by atoms with van der Waals surface area (Å²) in [6, 6.07) is 9.17. The van der Waals surface area contributed by atoms with Gasteiger partial charge in [0.2, 0.25) is 0 Å². The summed E-state index contributed by atoms with van der Waals surface area (Å²) < 4.78 is 5.30. The van der Waals surface area contributed by atoms with Crippen molar-refractivity contribution in [2.75, 3.05) is 13.2 Å². The van der Waals surface area contributed by atoms with Gasteiger partial charge in [-0.1, -0.05) is 35.4 Å². The van der Waals surface area contributed by atoms with Gasteiger partial charge in [-0.25, -0.2) is 0 Å². The quantitative estimate of drug-likeness (QED) is 0.439. The molecular formula is C10H13N3O2. The summed E-state index contributed by atoms with van der Waals surface area (Å²) in [7, 11) is 0. The molecule has 0 aliphatic carbocycles. The number of hydrogen-bond donors (Lipinski definition) is 1. The van der Waals surface area contributed by atoms with Crippen LogP contribution in [0.4, 0.5) is 0 Å². The number of ether oxygens (including phenoxy) is 1. The second-order valence-corrected chi connectivity index (χ2v) is 3.04. The van der Waals surface area contributed by atoms with Gasteiger partial charge < -0.3 is 9.84 Å². The first-order chi connectivity index (χ1) is 7.36. The second kappa shape index (κ2) is 6.84. The van der Waals surface area contributed by atoms with Gasteiger partial charge >= 0.3 is 0 Å². The monoisotopic (exact) mass is 207 g/mol. The number of azide groups is 1. The highest BCUT2D eigenvalue weighted by molar-refractivity contribution is 5.13. The van der Waals surface area contributed by atoms with Crippen molar-refractivity contribution in [3.8, 4) is 0 Å². The van der Waals surface area contributed by atoms with Gasteiger partial charge in [-0.05, 0) is 11.1 Å². The fourth-order valence-electron chi connectivity index (χ4n) is 1.08. The fourth-order valence-corrected chi connectivity index (χ4v) is 1.08. The molecule has 0 saturated carbocycles. The molecule has 1 aromatic carbocycles. The highest BCUT2D eigenvalue weighted by atomic mass is 16.5. The lowest BCUT2D eigenvalue weighted by Gasteiger charge is -2.08. The minimum atomic E-state index is -0.501. The van der Waals surface area contributed by atoms with E-state index in [9.17, 15) is 0 Å². The van der Waals surface area contributed by atoms with Crippen LogP contribution in [0.1, 0.15) is 5.56 Å². The van der Waals surface area contributed by atoms with Crippen molar-refractivity contribution in [2.45, 2.75) is 12.6 Å². The van der Waals surface area contributed by atoms with Gasteiger partial charge in [0.1, 0.15) is 0 Å². The third-order valence-electron chi connectivity index (χ3n) is 1.85. The summed E-state index contributed by atoms with van der Waals surface area (Å²) in [5.41, 5.74) is 9.23. The van der Waals surface area contributed by atoms with E-state index in [1.54, 1.807) is 0 Å². The average molecular weight is 207 g/mol. The summed E-state index contributed by atoms with van der Waals surface area (Å²) in [5, 5.41) is 12.2. The Bertz CT molecular complexity index is 323. The average Bonchev–Trinajstić information content (AvgIpc) is 2.29. The van der Waals surface area contributed by atoms with E-state index in [0.29, 0.717) is 6.61 Å². The first-order valence-corrected chi connectivity index (χ1v) is 4.63. The Kier molecular flexibility index (Phi) is 5.25. The van der Waals surface area contributed by atoms with E-state index in [1.807, 2.05) is 30.3 Å². The van der Waals surface area contributed by atoms with E-state index >= 15 is 0 Å². The zero-order valence-corrected chi connectivity index (χ0v) is 8.28. The fraction of sp³-hybridized carbons (Fsp3) is 0.400. The summed E-state index contributed by atoms with van der Waals surface area (Å²) in [5.74, 6) is 0. The standard InChI is InChI=1S/C10H13N3O2/c11-13-12-10(6-14)8-15-7-9-4-2-1-3-5-9/h1-5,10,14H,6-8H2/t10-/m0/s1. The molecule has 0 amide bonds. The Morgan fingerprint density at radius 1 is 1.40 bits per heavy atom. The highest BCUT2D eigenvalue weighted by Crippen LogP contribution is 2.01. The molecule has 1 aromatic rings. The summed E-state index contributed by atoms with van der Waals surface area (Å²) >= 11 is 0.